The number of ketones is 1. The van der Waals surface area contributed by atoms with Crippen LogP contribution in [0.5, 0.6) is 0 Å². The third-order valence-corrected chi connectivity index (χ3v) is 5.00. The van der Waals surface area contributed by atoms with Crippen molar-refractivity contribution in [2.24, 2.45) is 0 Å². The van der Waals surface area contributed by atoms with E-state index in [1.807, 2.05) is 39.1 Å². The van der Waals surface area contributed by atoms with Crippen LogP contribution in [0, 0.1) is 13.8 Å². The van der Waals surface area contributed by atoms with Crippen LogP contribution in [0.25, 0.3) is 0 Å². The van der Waals surface area contributed by atoms with E-state index in [0.29, 0.717) is 0 Å². The molecule has 1 aromatic carbocycles. The summed E-state index contributed by atoms with van der Waals surface area (Å²) in [7, 11) is 1.96. The number of hydrogen-bond acceptors (Lipinski definition) is 3. The molecule has 1 saturated carbocycles. The van der Waals surface area contributed by atoms with E-state index < -0.39 is 0 Å². The summed E-state index contributed by atoms with van der Waals surface area (Å²) in [6.45, 7) is 6.03. The molecule has 0 aliphatic heterocycles. The lowest BCUT2D eigenvalue weighted by Crippen LogP contribution is -2.49. The van der Waals surface area contributed by atoms with Gasteiger partial charge in [-0.05, 0) is 57.9 Å². The molecular weight excluding hydrogens is 262 g/mol. The number of aryl methyl sites for hydroxylation is 2. The second-order valence-corrected chi connectivity index (χ2v) is 6.42. The van der Waals surface area contributed by atoms with Crippen molar-refractivity contribution in [1.29, 1.82) is 0 Å². The van der Waals surface area contributed by atoms with Crippen LogP contribution >= 0.6 is 0 Å². The fourth-order valence-corrected chi connectivity index (χ4v) is 3.17. The van der Waals surface area contributed by atoms with Crippen LogP contribution in [0.3, 0.4) is 0 Å². The van der Waals surface area contributed by atoms with Crippen molar-refractivity contribution in [3.63, 3.8) is 0 Å². The van der Waals surface area contributed by atoms with E-state index in [4.69, 9.17) is 0 Å². The predicted molar refractivity (Wildman–Crippen MR) is 85.7 cm³/mol. The molecular formula is C18H27NO2. The fraction of sp³-hybridized carbons (Fsp3) is 0.611. The number of likely N-dealkylation sites (N-methyl/N-ethyl adjacent to an activating group) is 1. The smallest absolute Gasteiger partial charge is 0.179 e. The molecule has 1 N–H and O–H groups in total. The Kier molecular flexibility index (Phi) is 5.17. The van der Waals surface area contributed by atoms with Gasteiger partial charge >= 0.3 is 0 Å². The van der Waals surface area contributed by atoms with E-state index in [9.17, 15) is 9.90 Å². The fourth-order valence-electron chi connectivity index (χ4n) is 3.17. The van der Waals surface area contributed by atoms with Crippen LogP contribution in [0.15, 0.2) is 18.2 Å². The Labute approximate surface area is 128 Å². The van der Waals surface area contributed by atoms with Gasteiger partial charge in [-0.15, -0.1) is 0 Å². The number of aliphatic hydroxyl groups excluding tert-OH is 1. The zero-order valence-electron chi connectivity index (χ0n) is 13.6. The molecule has 0 saturated heterocycles. The first-order chi connectivity index (χ1) is 9.91. The summed E-state index contributed by atoms with van der Waals surface area (Å²) in [6.07, 6.45) is 3.74. The summed E-state index contributed by atoms with van der Waals surface area (Å²) in [4.78, 5) is 14.7. The molecule has 1 fully saturated rings. The van der Waals surface area contributed by atoms with E-state index in [-0.39, 0.29) is 24.0 Å². The Balaban J connectivity index is 2.12. The monoisotopic (exact) mass is 289 g/mol. The van der Waals surface area contributed by atoms with Crippen LogP contribution < -0.4 is 0 Å². The van der Waals surface area contributed by atoms with E-state index >= 15 is 0 Å². The number of nitrogens with zero attached hydrogens (tertiary/aromatic N) is 1. The molecule has 0 amide bonds. The lowest BCUT2D eigenvalue weighted by molar-refractivity contribution is 0.0171. The first kappa shape index (κ1) is 16.2. The van der Waals surface area contributed by atoms with Crippen molar-refractivity contribution in [2.45, 2.75) is 64.6 Å². The topological polar surface area (TPSA) is 40.5 Å². The minimum Gasteiger partial charge on any atom is -0.391 e. The van der Waals surface area contributed by atoms with Crippen LogP contribution in [0.4, 0.5) is 0 Å². The maximum absolute atomic E-state index is 12.7. The molecule has 21 heavy (non-hydrogen) atoms. The Morgan fingerprint density at radius 2 is 1.90 bits per heavy atom. The highest BCUT2D eigenvalue weighted by Crippen LogP contribution is 2.25. The normalized spacial score (nSPS) is 24.1. The van der Waals surface area contributed by atoms with Crippen LogP contribution in [0.2, 0.25) is 0 Å². The van der Waals surface area contributed by atoms with E-state index in [2.05, 4.69) is 11.8 Å². The summed E-state index contributed by atoms with van der Waals surface area (Å²) in [5.41, 5.74) is 3.12. The predicted octanol–water partition coefficient (Wildman–Crippen LogP) is 3.11. The summed E-state index contributed by atoms with van der Waals surface area (Å²) in [6, 6.07) is 5.78. The van der Waals surface area contributed by atoms with Crippen molar-refractivity contribution < 1.29 is 9.90 Å². The van der Waals surface area contributed by atoms with Crippen LogP contribution in [-0.2, 0) is 0 Å². The molecule has 3 unspecified atom stereocenters. The molecule has 3 heteroatoms. The van der Waals surface area contributed by atoms with Gasteiger partial charge in [-0.2, -0.15) is 0 Å². The maximum atomic E-state index is 12.7. The first-order valence-electron chi connectivity index (χ1n) is 7.93. The minimum absolute atomic E-state index is 0.101. The number of rotatable bonds is 4. The van der Waals surface area contributed by atoms with Crippen molar-refractivity contribution >= 4 is 5.78 Å². The Morgan fingerprint density at radius 1 is 1.24 bits per heavy atom. The lowest BCUT2D eigenvalue weighted by atomic mass is 9.90. The molecule has 0 aromatic heterocycles. The standard InChI is InChI=1S/C18H27NO2/c1-12-9-10-15(11-13(12)2)18(21)14(3)19(4)16-7-5-6-8-17(16)20/h9-11,14,16-17,20H,5-8H2,1-4H3. The van der Waals surface area contributed by atoms with Crippen molar-refractivity contribution in [1.82, 2.24) is 4.90 Å². The Bertz CT molecular complexity index is 512. The van der Waals surface area contributed by atoms with E-state index in [1.165, 1.54) is 5.56 Å². The molecule has 0 bridgehead atoms. The first-order valence-corrected chi connectivity index (χ1v) is 7.93. The van der Waals surface area contributed by atoms with Gasteiger partial charge < -0.3 is 5.11 Å². The Morgan fingerprint density at radius 3 is 2.52 bits per heavy atom. The van der Waals surface area contributed by atoms with Gasteiger partial charge in [-0.25, -0.2) is 0 Å². The van der Waals surface area contributed by atoms with Crippen molar-refractivity contribution in [2.75, 3.05) is 7.05 Å². The lowest BCUT2D eigenvalue weighted by Gasteiger charge is -2.38. The Hall–Kier alpha value is -1.19. The van der Waals surface area contributed by atoms with Gasteiger partial charge in [0.2, 0.25) is 0 Å². The van der Waals surface area contributed by atoms with Gasteiger partial charge in [0.15, 0.2) is 5.78 Å². The van der Waals surface area contributed by atoms with Gasteiger partial charge in [0, 0.05) is 11.6 Å². The molecule has 2 rings (SSSR count). The zero-order valence-corrected chi connectivity index (χ0v) is 13.6. The second-order valence-electron chi connectivity index (χ2n) is 6.42. The SMILES string of the molecule is Cc1ccc(C(=O)C(C)N(C)C2CCCCC2O)cc1C. The number of Topliss-reactive ketones (excluding diaryl/α,β-unsaturated/α-hetero) is 1. The summed E-state index contributed by atoms with van der Waals surface area (Å²) in [5.74, 6) is 0.137. The molecule has 0 heterocycles. The number of benzene rings is 1. The molecule has 0 radical (unpaired) electrons. The zero-order chi connectivity index (χ0) is 15.6. The minimum atomic E-state index is -0.307. The molecule has 1 aliphatic carbocycles. The van der Waals surface area contributed by atoms with Gasteiger partial charge in [-0.3, -0.25) is 9.69 Å². The molecule has 116 valence electrons. The van der Waals surface area contributed by atoms with Crippen LogP contribution in [-0.4, -0.2) is 41.0 Å². The quantitative estimate of drug-likeness (QED) is 0.866. The number of aliphatic hydroxyl groups is 1. The van der Waals surface area contributed by atoms with Gasteiger partial charge in [0.05, 0.1) is 12.1 Å². The average molecular weight is 289 g/mol. The highest BCUT2D eigenvalue weighted by atomic mass is 16.3. The molecule has 3 nitrogen and oxygen atoms in total. The second kappa shape index (κ2) is 6.71. The largest absolute Gasteiger partial charge is 0.391 e. The molecule has 1 aromatic rings. The number of carbonyl (C=O) groups is 1. The number of carbonyl (C=O) groups excluding carboxylic acids is 1. The van der Waals surface area contributed by atoms with Crippen molar-refractivity contribution in [3.05, 3.63) is 34.9 Å². The maximum Gasteiger partial charge on any atom is 0.179 e. The average Bonchev–Trinajstić information content (AvgIpc) is 2.48. The summed E-state index contributed by atoms with van der Waals surface area (Å²) in [5, 5.41) is 10.2. The van der Waals surface area contributed by atoms with E-state index in [1.54, 1.807) is 0 Å². The van der Waals surface area contributed by atoms with Crippen LogP contribution in [0.1, 0.15) is 54.1 Å². The summed E-state index contributed by atoms with van der Waals surface area (Å²) < 4.78 is 0. The number of hydrogen-bond donors (Lipinski definition) is 1. The molecule has 0 spiro atoms. The van der Waals surface area contributed by atoms with E-state index in [0.717, 1.165) is 36.8 Å². The third-order valence-electron chi connectivity index (χ3n) is 5.00. The van der Waals surface area contributed by atoms with Gasteiger partial charge in [-0.1, -0.05) is 25.0 Å². The molecule has 1 aliphatic rings. The van der Waals surface area contributed by atoms with Gasteiger partial charge in [0.1, 0.15) is 0 Å². The van der Waals surface area contributed by atoms with Gasteiger partial charge in [0.25, 0.3) is 0 Å². The summed E-state index contributed by atoms with van der Waals surface area (Å²) >= 11 is 0. The van der Waals surface area contributed by atoms with Crippen molar-refractivity contribution in [3.8, 4) is 0 Å². The highest BCUT2D eigenvalue weighted by Gasteiger charge is 2.31. The third kappa shape index (κ3) is 3.53. The highest BCUT2D eigenvalue weighted by molar-refractivity contribution is 6.00. The molecule has 3 atom stereocenters.